The number of sulfonamides is 1. The summed E-state index contributed by atoms with van der Waals surface area (Å²) in [6.45, 7) is 13.0. The van der Waals surface area contributed by atoms with E-state index in [0.29, 0.717) is 37.4 Å². The van der Waals surface area contributed by atoms with Gasteiger partial charge in [0.05, 0.1) is 16.3 Å². The summed E-state index contributed by atoms with van der Waals surface area (Å²) < 4.78 is 26.8. The number of anilines is 2. The SMILES string of the molecule is CCNc1ccc(S(=O)(=O)N(CC)CC)cc1NC(=O)CC(C)(C)C. The van der Waals surface area contributed by atoms with Crippen LogP contribution < -0.4 is 10.6 Å². The number of carbonyl (C=O) groups is 1. The van der Waals surface area contributed by atoms with Crippen LogP contribution in [0.15, 0.2) is 23.1 Å². The zero-order valence-electron chi connectivity index (χ0n) is 16.1. The van der Waals surface area contributed by atoms with Crippen LogP contribution in [0.3, 0.4) is 0 Å². The third-order valence-corrected chi connectivity index (χ3v) is 5.71. The van der Waals surface area contributed by atoms with E-state index in [1.54, 1.807) is 26.0 Å². The Kier molecular flexibility index (Phi) is 7.44. The van der Waals surface area contributed by atoms with Gasteiger partial charge in [-0.3, -0.25) is 4.79 Å². The number of amides is 1. The van der Waals surface area contributed by atoms with E-state index in [1.807, 2.05) is 27.7 Å². The number of rotatable bonds is 8. The summed E-state index contributed by atoms with van der Waals surface area (Å²) in [7, 11) is -3.57. The van der Waals surface area contributed by atoms with Crippen LogP contribution in [0.25, 0.3) is 0 Å². The topological polar surface area (TPSA) is 78.5 Å². The van der Waals surface area contributed by atoms with Crippen molar-refractivity contribution >= 4 is 27.3 Å². The molecule has 0 bridgehead atoms. The minimum Gasteiger partial charge on any atom is -0.384 e. The maximum atomic E-state index is 12.7. The van der Waals surface area contributed by atoms with Gasteiger partial charge in [-0.05, 0) is 30.5 Å². The molecule has 7 heteroatoms. The lowest BCUT2D eigenvalue weighted by molar-refractivity contribution is -0.117. The smallest absolute Gasteiger partial charge is 0.243 e. The predicted octanol–water partition coefficient (Wildman–Crippen LogP) is 3.52. The highest BCUT2D eigenvalue weighted by molar-refractivity contribution is 7.89. The number of hydrogen-bond acceptors (Lipinski definition) is 4. The van der Waals surface area contributed by atoms with Crippen LogP contribution in [0.1, 0.15) is 48.0 Å². The Hall–Kier alpha value is -1.60. The first-order valence-electron chi connectivity index (χ1n) is 8.73. The molecule has 0 radical (unpaired) electrons. The molecule has 0 atom stereocenters. The molecule has 25 heavy (non-hydrogen) atoms. The van der Waals surface area contributed by atoms with Crippen LogP contribution in [0.5, 0.6) is 0 Å². The number of benzene rings is 1. The maximum absolute atomic E-state index is 12.7. The third kappa shape index (κ3) is 6.01. The van der Waals surface area contributed by atoms with Crippen molar-refractivity contribution in [3.05, 3.63) is 18.2 Å². The van der Waals surface area contributed by atoms with E-state index in [-0.39, 0.29) is 16.2 Å². The quantitative estimate of drug-likeness (QED) is 0.735. The monoisotopic (exact) mass is 369 g/mol. The second kappa shape index (κ2) is 8.67. The maximum Gasteiger partial charge on any atom is 0.243 e. The van der Waals surface area contributed by atoms with Crippen molar-refractivity contribution in [3.8, 4) is 0 Å². The lowest BCUT2D eigenvalue weighted by Crippen LogP contribution is -2.30. The molecule has 0 saturated carbocycles. The fraction of sp³-hybridized carbons (Fsp3) is 0.611. The zero-order valence-corrected chi connectivity index (χ0v) is 17.0. The minimum absolute atomic E-state index is 0.135. The van der Waals surface area contributed by atoms with Gasteiger partial charge in [0.2, 0.25) is 15.9 Å². The molecular weight excluding hydrogens is 338 g/mol. The van der Waals surface area contributed by atoms with Crippen molar-refractivity contribution in [1.82, 2.24) is 4.31 Å². The van der Waals surface area contributed by atoms with Gasteiger partial charge < -0.3 is 10.6 Å². The standard InChI is InChI=1S/C18H31N3O3S/c1-7-19-15-11-10-14(25(23,24)21(8-2)9-3)12-16(15)20-17(22)13-18(4,5)6/h10-12,19H,7-9,13H2,1-6H3,(H,20,22). The lowest BCUT2D eigenvalue weighted by Gasteiger charge is -2.21. The van der Waals surface area contributed by atoms with Crippen LogP contribution in [-0.2, 0) is 14.8 Å². The van der Waals surface area contributed by atoms with Gasteiger partial charge in [-0.15, -0.1) is 0 Å². The molecule has 142 valence electrons. The number of hydrogen-bond donors (Lipinski definition) is 2. The van der Waals surface area contributed by atoms with Gasteiger partial charge in [0.15, 0.2) is 0 Å². The van der Waals surface area contributed by atoms with Gasteiger partial charge in [-0.2, -0.15) is 4.31 Å². The molecule has 0 aliphatic rings. The summed E-state index contributed by atoms with van der Waals surface area (Å²) in [6.07, 6.45) is 0.353. The average molecular weight is 370 g/mol. The summed E-state index contributed by atoms with van der Waals surface area (Å²) in [4.78, 5) is 12.5. The summed E-state index contributed by atoms with van der Waals surface area (Å²) in [5, 5.41) is 6.01. The Morgan fingerprint density at radius 3 is 2.16 bits per heavy atom. The van der Waals surface area contributed by atoms with Crippen LogP contribution in [0, 0.1) is 5.41 Å². The molecule has 1 rings (SSSR count). The molecule has 1 aromatic rings. The second-order valence-electron chi connectivity index (χ2n) is 7.11. The molecule has 6 nitrogen and oxygen atoms in total. The lowest BCUT2D eigenvalue weighted by atomic mass is 9.92. The summed E-state index contributed by atoms with van der Waals surface area (Å²) in [5.41, 5.74) is 1.06. The van der Waals surface area contributed by atoms with E-state index in [0.717, 1.165) is 0 Å². The largest absolute Gasteiger partial charge is 0.384 e. The van der Waals surface area contributed by atoms with Gasteiger partial charge in [0, 0.05) is 26.1 Å². The summed E-state index contributed by atoms with van der Waals surface area (Å²) in [6, 6.07) is 4.81. The van der Waals surface area contributed by atoms with Crippen molar-refractivity contribution in [1.29, 1.82) is 0 Å². The molecule has 0 fully saturated rings. The van der Waals surface area contributed by atoms with Crippen LogP contribution in [0.2, 0.25) is 0 Å². The Balaban J connectivity index is 3.24. The Bertz CT molecular complexity index is 690. The molecule has 2 N–H and O–H groups in total. The fourth-order valence-electron chi connectivity index (χ4n) is 2.52. The van der Waals surface area contributed by atoms with Gasteiger partial charge >= 0.3 is 0 Å². The normalized spacial score (nSPS) is 12.3. The molecule has 0 spiro atoms. The van der Waals surface area contributed by atoms with Crippen LogP contribution in [-0.4, -0.2) is 38.3 Å². The number of nitrogens with one attached hydrogen (secondary N) is 2. The Morgan fingerprint density at radius 1 is 1.08 bits per heavy atom. The summed E-state index contributed by atoms with van der Waals surface area (Å²) >= 11 is 0. The van der Waals surface area contributed by atoms with E-state index < -0.39 is 10.0 Å². The molecular formula is C18H31N3O3S. The predicted molar refractivity (Wildman–Crippen MR) is 103 cm³/mol. The van der Waals surface area contributed by atoms with E-state index in [2.05, 4.69) is 10.6 Å². The van der Waals surface area contributed by atoms with E-state index in [9.17, 15) is 13.2 Å². The van der Waals surface area contributed by atoms with E-state index in [4.69, 9.17) is 0 Å². The molecule has 0 saturated heterocycles. The van der Waals surface area contributed by atoms with E-state index >= 15 is 0 Å². The molecule has 0 aromatic heterocycles. The molecule has 1 aromatic carbocycles. The van der Waals surface area contributed by atoms with Crippen LogP contribution in [0.4, 0.5) is 11.4 Å². The van der Waals surface area contributed by atoms with Crippen molar-refractivity contribution in [2.75, 3.05) is 30.3 Å². The number of carbonyl (C=O) groups excluding carboxylic acids is 1. The van der Waals surface area contributed by atoms with Crippen LogP contribution >= 0.6 is 0 Å². The molecule has 0 unspecified atom stereocenters. The molecule has 1 amide bonds. The van der Waals surface area contributed by atoms with E-state index in [1.165, 1.54) is 10.4 Å². The highest BCUT2D eigenvalue weighted by atomic mass is 32.2. The van der Waals surface area contributed by atoms with Gasteiger partial charge in [0.25, 0.3) is 0 Å². The van der Waals surface area contributed by atoms with Crippen molar-refractivity contribution in [2.45, 2.75) is 52.9 Å². The Morgan fingerprint density at radius 2 is 1.68 bits per heavy atom. The van der Waals surface area contributed by atoms with Crippen molar-refractivity contribution in [2.24, 2.45) is 5.41 Å². The molecule has 0 heterocycles. The first-order chi connectivity index (χ1) is 11.5. The van der Waals surface area contributed by atoms with Gasteiger partial charge in [-0.1, -0.05) is 34.6 Å². The second-order valence-corrected chi connectivity index (χ2v) is 9.05. The fourth-order valence-corrected chi connectivity index (χ4v) is 4.01. The summed E-state index contributed by atoms with van der Waals surface area (Å²) in [5.74, 6) is -0.135. The Labute approximate surface area is 152 Å². The minimum atomic E-state index is -3.57. The van der Waals surface area contributed by atoms with Crippen molar-refractivity contribution in [3.63, 3.8) is 0 Å². The van der Waals surface area contributed by atoms with Crippen molar-refractivity contribution < 1.29 is 13.2 Å². The highest BCUT2D eigenvalue weighted by Crippen LogP contribution is 2.28. The first-order valence-corrected chi connectivity index (χ1v) is 10.2. The highest BCUT2D eigenvalue weighted by Gasteiger charge is 2.23. The van der Waals surface area contributed by atoms with Gasteiger partial charge in [-0.25, -0.2) is 8.42 Å². The molecule has 0 aliphatic carbocycles. The number of nitrogens with zero attached hydrogens (tertiary/aromatic N) is 1. The van der Waals surface area contributed by atoms with Gasteiger partial charge in [0.1, 0.15) is 0 Å². The zero-order chi connectivity index (χ0) is 19.3. The molecule has 0 aliphatic heterocycles. The first kappa shape index (κ1) is 21.4. The average Bonchev–Trinajstić information content (AvgIpc) is 2.48. The third-order valence-electron chi connectivity index (χ3n) is 3.67.